The van der Waals surface area contributed by atoms with E-state index >= 15 is 0 Å². The molecule has 33 heavy (non-hydrogen) atoms. The lowest BCUT2D eigenvalue weighted by Gasteiger charge is -2.24. The quantitative estimate of drug-likeness (QED) is 0.386. The molecule has 1 unspecified atom stereocenters. The van der Waals surface area contributed by atoms with E-state index in [-0.39, 0.29) is 16.6 Å². The van der Waals surface area contributed by atoms with Gasteiger partial charge in [0, 0.05) is 23.6 Å². The number of aryl methyl sites for hydroxylation is 1. The first-order valence-electron chi connectivity index (χ1n) is 10.7. The van der Waals surface area contributed by atoms with Crippen molar-refractivity contribution in [1.82, 2.24) is 0 Å². The standard InChI is InChI=1S/C26H22ClFO5/c27-21-14-20-19(26(30)31)12-13-32-24(20)15-25(21)33-18-10-8-17(9-11-18)23(29)7-3-5-16-4-1-2-6-22(16)28/h1-2,4,6,8-11,14-15,19H,3,5,7,12-13H2,(H,30,31). The highest BCUT2D eigenvalue weighted by Crippen LogP contribution is 2.41. The number of fused-ring (bicyclic) bond motifs is 1. The first-order valence-corrected chi connectivity index (χ1v) is 11.0. The molecule has 170 valence electrons. The number of Topliss-reactive ketones (excluding diaryl/α,β-unsaturated/α-hetero) is 1. The molecule has 3 aromatic rings. The number of benzene rings is 3. The number of carbonyl (C=O) groups is 2. The molecule has 0 radical (unpaired) electrons. The number of hydrogen-bond donors (Lipinski definition) is 1. The fourth-order valence-electron chi connectivity index (χ4n) is 3.85. The van der Waals surface area contributed by atoms with Crippen molar-refractivity contribution in [3.8, 4) is 17.2 Å². The van der Waals surface area contributed by atoms with Crippen LogP contribution in [-0.2, 0) is 11.2 Å². The largest absolute Gasteiger partial charge is 0.493 e. The molecule has 0 saturated heterocycles. The molecule has 0 saturated carbocycles. The number of ether oxygens (including phenoxy) is 2. The van der Waals surface area contributed by atoms with Crippen LogP contribution in [0.5, 0.6) is 17.2 Å². The van der Waals surface area contributed by atoms with Gasteiger partial charge in [-0.3, -0.25) is 9.59 Å². The van der Waals surface area contributed by atoms with Crippen LogP contribution in [0.25, 0.3) is 0 Å². The number of carbonyl (C=O) groups excluding carboxylic acids is 1. The molecule has 1 atom stereocenters. The van der Waals surface area contributed by atoms with Crippen molar-refractivity contribution in [2.75, 3.05) is 6.61 Å². The van der Waals surface area contributed by atoms with Crippen LogP contribution in [0.2, 0.25) is 5.02 Å². The van der Waals surface area contributed by atoms with Gasteiger partial charge in [0.15, 0.2) is 5.78 Å². The Morgan fingerprint density at radius 2 is 1.88 bits per heavy atom. The molecule has 7 heteroatoms. The SMILES string of the molecule is O=C(CCCc1ccccc1F)c1ccc(Oc2cc3c(cc2Cl)C(C(=O)O)CCO3)cc1. The topological polar surface area (TPSA) is 72.8 Å². The van der Waals surface area contributed by atoms with Gasteiger partial charge in [-0.15, -0.1) is 0 Å². The van der Waals surface area contributed by atoms with Crippen LogP contribution >= 0.6 is 11.6 Å². The zero-order valence-electron chi connectivity index (χ0n) is 17.7. The predicted octanol–water partition coefficient (Wildman–Crippen LogP) is 6.43. The summed E-state index contributed by atoms with van der Waals surface area (Å²) >= 11 is 6.33. The first kappa shape index (κ1) is 22.8. The Balaban J connectivity index is 1.39. The Bertz CT molecular complexity index is 1180. The van der Waals surface area contributed by atoms with E-state index in [1.54, 1.807) is 54.6 Å². The summed E-state index contributed by atoms with van der Waals surface area (Å²) in [6.45, 7) is 0.304. The van der Waals surface area contributed by atoms with Crippen molar-refractivity contribution in [2.24, 2.45) is 0 Å². The molecule has 0 amide bonds. The smallest absolute Gasteiger partial charge is 0.311 e. The normalized spacial score (nSPS) is 14.8. The maximum atomic E-state index is 13.7. The lowest BCUT2D eigenvalue weighted by atomic mass is 9.93. The van der Waals surface area contributed by atoms with Gasteiger partial charge in [-0.05, 0) is 61.2 Å². The zero-order chi connectivity index (χ0) is 23.4. The van der Waals surface area contributed by atoms with E-state index in [0.29, 0.717) is 66.2 Å². The molecular formula is C26H22ClFO5. The lowest BCUT2D eigenvalue weighted by molar-refractivity contribution is -0.139. The van der Waals surface area contributed by atoms with Gasteiger partial charge in [0.05, 0.1) is 17.5 Å². The Hall–Kier alpha value is -3.38. The molecule has 0 spiro atoms. The van der Waals surface area contributed by atoms with E-state index in [1.807, 2.05) is 0 Å². The van der Waals surface area contributed by atoms with E-state index in [2.05, 4.69) is 0 Å². The van der Waals surface area contributed by atoms with Crippen molar-refractivity contribution < 1.29 is 28.6 Å². The third-order valence-corrected chi connectivity index (χ3v) is 5.91. The van der Waals surface area contributed by atoms with Crippen LogP contribution in [0.3, 0.4) is 0 Å². The van der Waals surface area contributed by atoms with Gasteiger partial charge in [-0.25, -0.2) is 4.39 Å². The first-order chi connectivity index (χ1) is 15.9. The van der Waals surface area contributed by atoms with Gasteiger partial charge >= 0.3 is 5.97 Å². The average molecular weight is 469 g/mol. The second kappa shape index (κ2) is 10.0. The molecule has 1 N–H and O–H groups in total. The number of ketones is 1. The van der Waals surface area contributed by atoms with Crippen LogP contribution in [0.4, 0.5) is 4.39 Å². The Morgan fingerprint density at radius 3 is 2.61 bits per heavy atom. The van der Waals surface area contributed by atoms with Crippen molar-refractivity contribution >= 4 is 23.4 Å². The lowest BCUT2D eigenvalue weighted by Crippen LogP contribution is -2.20. The Morgan fingerprint density at radius 1 is 1.12 bits per heavy atom. The van der Waals surface area contributed by atoms with Crippen molar-refractivity contribution in [2.45, 2.75) is 31.6 Å². The number of halogens is 2. The second-order valence-electron chi connectivity index (χ2n) is 7.84. The van der Waals surface area contributed by atoms with E-state index in [0.717, 1.165) is 0 Å². The van der Waals surface area contributed by atoms with Crippen LogP contribution in [0.15, 0.2) is 60.7 Å². The van der Waals surface area contributed by atoms with Crippen molar-refractivity contribution in [1.29, 1.82) is 0 Å². The maximum absolute atomic E-state index is 13.7. The average Bonchev–Trinajstić information content (AvgIpc) is 2.80. The van der Waals surface area contributed by atoms with Gasteiger partial charge in [0.1, 0.15) is 23.1 Å². The minimum absolute atomic E-state index is 0.0298. The third-order valence-electron chi connectivity index (χ3n) is 5.61. The Kier molecular flexibility index (Phi) is 6.94. The zero-order valence-corrected chi connectivity index (χ0v) is 18.5. The molecule has 3 aromatic carbocycles. The van der Waals surface area contributed by atoms with E-state index < -0.39 is 11.9 Å². The summed E-state index contributed by atoms with van der Waals surface area (Å²) in [6, 6.07) is 16.4. The van der Waals surface area contributed by atoms with E-state index in [4.69, 9.17) is 21.1 Å². The number of hydrogen-bond acceptors (Lipinski definition) is 4. The van der Waals surface area contributed by atoms with E-state index in [9.17, 15) is 19.1 Å². The summed E-state index contributed by atoms with van der Waals surface area (Å²) in [6.07, 6.45) is 1.75. The highest BCUT2D eigenvalue weighted by Gasteiger charge is 2.29. The number of rotatable bonds is 8. The van der Waals surface area contributed by atoms with Crippen LogP contribution in [0, 0.1) is 5.82 Å². The molecule has 4 rings (SSSR count). The summed E-state index contributed by atoms with van der Waals surface area (Å²) in [7, 11) is 0. The summed E-state index contributed by atoms with van der Waals surface area (Å²) in [5, 5.41) is 9.68. The van der Waals surface area contributed by atoms with E-state index in [1.165, 1.54) is 6.07 Å². The molecule has 1 aliphatic heterocycles. The van der Waals surface area contributed by atoms with Crippen molar-refractivity contribution in [3.63, 3.8) is 0 Å². The molecule has 1 heterocycles. The number of carboxylic acid groups (broad SMARTS) is 1. The fourth-order valence-corrected chi connectivity index (χ4v) is 4.06. The summed E-state index contributed by atoms with van der Waals surface area (Å²) in [4.78, 5) is 23.9. The predicted molar refractivity (Wildman–Crippen MR) is 122 cm³/mol. The van der Waals surface area contributed by atoms with Crippen LogP contribution in [-0.4, -0.2) is 23.5 Å². The molecule has 0 bridgehead atoms. The molecule has 0 fully saturated rings. The van der Waals surface area contributed by atoms with Gasteiger partial charge < -0.3 is 14.6 Å². The molecule has 0 aromatic heterocycles. The molecular weight excluding hydrogens is 447 g/mol. The van der Waals surface area contributed by atoms with Gasteiger partial charge in [0.2, 0.25) is 0 Å². The maximum Gasteiger partial charge on any atom is 0.311 e. The minimum atomic E-state index is -0.918. The van der Waals surface area contributed by atoms with Gasteiger partial charge in [-0.1, -0.05) is 29.8 Å². The highest BCUT2D eigenvalue weighted by molar-refractivity contribution is 6.32. The molecule has 0 aliphatic carbocycles. The van der Waals surface area contributed by atoms with Gasteiger partial charge in [0.25, 0.3) is 0 Å². The van der Waals surface area contributed by atoms with Crippen LogP contribution < -0.4 is 9.47 Å². The third kappa shape index (κ3) is 5.34. The second-order valence-corrected chi connectivity index (χ2v) is 8.25. The summed E-state index contributed by atoms with van der Waals surface area (Å²) in [5.74, 6) is -0.609. The minimum Gasteiger partial charge on any atom is -0.493 e. The Labute approximate surface area is 195 Å². The van der Waals surface area contributed by atoms with Crippen LogP contribution in [0.1, 0.15) is 46.7 Å². The molecule has 1 aliphatic rings. The summed E-state index contributed by atoms with van der Waals surface area (Å²) < 4.78 is 25.1. The number of aliphatic carboxylic acids is 1. The summed E-state index contributed by atoms with van der Waals surface area (Å²) in [5.41, 5.74) is 1.68. The van der Waals surface area contributed by atoms with Crippen molar-refractivity contribution in [3.05, 3.63) is 88.2 Å². The van der Waals surface area contributed by atoms with Gasteiger partial charge in [-0.2, -0.15) is 0 Å². The highest BCUT2D eigenvalue weighted by atomic mass is 35.5. The number of carboxylic acids is 1. The molecule has 5 nitrogen and oxygen atoms in total. The fraction of sp³-hybridized carbons (Fsp3) is 0.231. The monoisotopic (exact) mass is 468 g/mol.